The van der Waals surface area contributed by atoms with E-state index in [2.05, 4.69) is 10.4 Å². The van der Waals surface area contributed by atoms with Crippen molar-refractivity contribution in [2.75, 3.05) is 19.5 Å². The Kier molecular flexibility index (Phi) is 6.48. The lowest BCUT2D eigenvalue weighted by Gasteiger charge is -2.34. The van der Waals surface area contributed by atoms with Crippen LogP contribution in [0.4, 0.5) is 19.0 Å². The van der Waals surface area contributed by atoms with Crippen LogP contribution < -0.4 is 20.3 Å². The second kappa shape index (κ2) is 10.0. The number of alkyl halides is 3. The zero-order valence-electron chi connectivity index (χ0n) is 22.2. The van der Waals surface area contributed by atoms with Gasteiger partial charge in [-0.2, -0.15) is 13.2 Å². The number of nitrogens with zero attached hydrogens (tertiary/aromatic N) is 1. The van der Waals surface area contributed by atoms with E-state index in [4.69, 9.17) is 9.47 Å². The Balaban J connectivity index is 1.47. The number of allylic oxidation sites excluding steroid dienone is 2. The minimum Gasteiger partial charge on any atom is -0.493 e. The number of ether oxygens (including phenoxy) is 2. The quantitative estimate of drug-likeness (QED) is 0.305. The number of carbonyl (C=O) groups is 1. The maximum Gasteiger partial charge on any atom is 0.416 e. The van der Waals surface area contributed by atoms with Crippen molar-refractivity contribution in [3.05, 3.63) is 117 Å². The second-order valence-corrected chi connectivity index (χ2v) is 10.1. The van der Waals surface area contributed by atoms with Gasteiger partial charge in [0, 0.05) is 23.6 Å². The lowest BCUT2D eigenvalue weighted by molar-refractivity contribution is -0.137. The Morgan fingerprint density at radius 3 is 2.20 bits per heavy atom. The van der Waals surface area contributed by atoms with Gasteiger partial charge in [-0.3, -0.25) is 14.7 Å². The summed E-state index contributed by atoms with van der Waals surface area (Å²) < 4.78 is 52.2. The molecule has 0 saturated carbocycles. The molecule has 6 rings (SSSR count). The SMILES string of the molecule is COc1ccc([C@@H]2CC(=O)C3=C(C2)Nc2[nH]n(-c4ccccc4)c(=O)c2[C@@H]3c2ccc(C(F)(F)F)cc2)cc1OC. The molecule has 7 nitrogen and oxygen atoms in total. The normalized spacial score (nSPS) is 18.4. The Bertz CT molecular complexity index is 1720. The third-order valence-electron chi connectivity index (χ3n) is 7.75. The van der Waals surface area contributed by atoms with Crippen LogP contribution in [-0.4, -0.2) is 29.8 Å². The van der Waals surface area contributed by atoms with E-state index in [-0.39, 0.29) is 29.2 Å². The molecule has 0 bridgehead atoms. The van der Waals surface area contributed by atoms with Gasteiger partial charge in [-0.1, -0.05) is 36.4 Å². The first-order chi connectivity index (χ1) is 19.7. The predicted octanol–water partition coefficient (Wildman–Crippen LogP) is 6.16. The van der Waals surface area contributed by atoms with E-state index >= 15 is 0 Å². The van der Waals surface area contributed by atoms with Gasteiger partial charge >= 0.3 is 6.18 Å². The van der Waals surface area contributed by atoms with Gasteiger partial charge in [0.2, 0.25) is 0 Å². The highest BCUT2D eigenvalue weighted by Gasteiger charge is 2.41. The lowest BCUT2D eigenvalue weighted by Crippen LogP contribution is -2.32. The van der Waals surface area contributed by atoms with Crippen molar-refractivity contribution in [2.45, 2.75) is 30.9 Å². The van der Waals surface area contributed by atoms with Crippen molar-refractivity contribution in [1.29, 1.82) is 0 Å². The molecule has 0 saturated heterocycles. The number of Topliss-reactive ketones (excluding diaryl/α,β-unsaturated/α-hetero) is 1. The van der Waals surface area contributed by atoms with Crippen LogP contribution in [0.5, 0.6) is 11.5 Å². The fourth-order valence-corrected chi connectivity index (χ4v) is 5.79. The third-order valence-corrected chi connectivity index (χ3v) is 7.75. The molecule has 0 fully saturated rings. The summed E-state index contributed by atoms with van der Waals surface area (Å²) in [6, 6.07) is 19.1. The zero-order valence-corrected chi connectivity index (χ0v) is 22.2. The van der Waals surface area contributed by atoms with Gasteiger partial charge in [-0.15, -0.1) is 0 Å². The Hall–Kier alpha value is -4.73. The number of hydrogen-bond acceptors (Lipinski definition) is 5. The first-order valence-corrected chi connectivity index (χ1v) is 13.0. The Labute approximate surface area is 233 Å². The van der Waals surface area contributed by atoms with Gasteiger partial charge in [0.1, 0.15) is 5.82 Å². The van der Waals surface area contributed by atoms with Crippen LogP contribution in [0.15, 0.2) is 88.9 Å². The van der Waals surface area contributed by atoms with Gasteiger partial charge in [-0.25, -0.2) is 4.68 Å². The molecule has 1 aliphatic heterocycles. The number of methoxy groups -OCH3 is 2. The van der Waals surface area contributed by atoms with Crippen LogP contribution in [0.3, 0.4) is 0 Å². The third kappa shape index (κ3) is 4.59. The summed E-state index contributed by atoms with van der Waals surface area (Å²) in [5, 5.41) is 6.41. The summed E-state index contributed by atoms with van der Waals surface area (Å²) in [7, 11) is 3.09. The number of aromatic nitrogens is 2. The first kappa shape index (κ1) is 26.5. The largest absolute Gasteiger partial charge is 0.493 e. The molecule has 2 aliphatic rings. The van der Waals surface area contributed by atoms with Crippen molar-refractivity contribution in [3.63, 3.8) is 0 Å². The highest BCUT2D eigenvalue weighted by atomic mass is 19.4. The highest BCUT2D eigenvalue weighted by molar-refractivity contribution is 6.01. The number of ketones is 1. The van der Waals surface area contributed by atoms with E-state index in [0.717, 1.165) is 17.7 Å². The van der Waals surface area contributed by atoms with E-state index in [1.54, 1.807) is 44.6 Å². The molecule has 2 N–H and O–H groups in total. The molecule has 0 radical (unpaired) electrons. The monoisotopic (exact) mass is 561 g/mol. The van der Waals surface area contributed by atoms with Crippen LogP contribution in [-0.2, 0) is 11.0 Å². The molecular weight excluding hydrogens is 535 g/mol. The first-order valence-electron chi connectivity index (χ1n) is 13.0. The lowest BCUT2D eigenvalue weighted by atomic mass is 9.72. The summed E-state index contributed by atoms with van der Waals surface area (Å²) in [6.45, 7) is 0. The smallest absolute Gasteiger partial charge is 0.416 e. The van der Waals surface area contributed by atoms with E-state index in [0.29, 0.717) is 46.3 Å². The number of carbonyl (C=O) groups excluding carboxylic acids is 1. The molecular formula is C31H26F3N3O4. The molecule has 1 aliphatic carbocycles. The van der Waals surface area contributed by atoms with Gasteiger partial charge in [0.25, 0.3) is 5.56 Å². The summed E-state index contributed by atoms with van der Waals surface area (Å²) in [6.07, 6.45) is -3.89. The Morgan fingerprint density at radius 2 is 1.54 bits per heavy atom. The molecule has 2 heterocycles. The number of hydrogen-bond donors (Lipinski definition) is 2. The van der Waals surface area contributed by atoms with Crippen molar-refractivity contribution >= 4 is 11.6 Å². The minimum atomic E-state index is -4.51. The van der Waals surface area contributed by atoms with Crippen LogP contribution in [0.25, 0.3) is 5.69 Å². The molecule has 0 unspecified atom stereocenters. The molecule has 1 aromatic heterocycles. The number of anilines is 1. The zero-order chi connectivity index (χ0) is 28.9. The number of H-pyrrole nitrogens is 1. The molecule has 0 spiro atoms. The summed E-state index contributed by atoms with van der Waals surface area (Å²) in [5.74, 6) is 0.315. The van der Waals surface area contributed by atoms with E-state index in [1.807, 2.05) is 18.2 Å². The van der Waals surface area contributed by atoms with E-state index in [9.17, 15) is 22.8 Å². The average molecular weight is 562 g/mol. The van der Waals surface area contributed by atoms with E-state index < -0.39 is 17.7 Å². The van der Waals surface area contributed by atoms with Crippen LogP contribution in [0.2, 0.25) is 0 Å². The topological polar surface area (TPSA) is 85.4 Å². The van der Waals surface area contributed by atoms with Gasteiger partial charge < -0.3 is 14.8 Å². The van der Waals surface area contributed by atoms with E-state index in [1.165, 1.54) is 16.8 Å². The maximum absolute atomic E-state index is 13.8. The minimum absolute atomic E-state index is 0.166. The molecule has 4 aromatic rings. The molecule has 2 atom stereocenters. The van der Waals surface area contributed by atoms with Gasteiger partial charge in [0.05, 0.1) is 31.0 Å². The number of nitrogens with one attached hydrogen (secondary N) is 2. The molecule has 10 heteroatoms. The second-order valence-electron chi connectivity index (χ2n) is 10.1. The van der Waals surface area contributed by atoms with Gasteiger partial charge in [-0.05, 0) is 59.9 Å². The summed E-state index contributed by atoms with van der Waals surface area (Å²) in [5.41, 5.74) is 2.02. The molecule has 3 aromatic carbocycles. The predicted molar refractivity (Wildman–Crippen MR) is 147 cm³/mol. The molecule has 0 amide bonds. The highest BCUT2D eigenvalue weighted by Crippen LogP contribution is 2.47. The van der Waals surface area contributed by atoms with Crippen LogP contribution in [0.1, 0.15) is 46.9 Å². The number of halogens is 3. The number of aromatic amines is 1. The van der Waals surface area contributed by atoms with Gasteiger partial charge in [0.15, 0.2) is 17.3 Å². The fourth-order valence-electron chi connectivity index (χ4n) is 5.79. The number of fused-ring (bicyclic) bond motifs is 1. The fraction of sp³-hybridized carbons (Fsp3) is 0.226. The summed E-state index contributed by atoms with van der Waals surface area (Å²) in [4.78, 5) is 27.6. The standard InChI is InChI=1S/C31H26F3N3O4/c1-40-24-13-10-18(16-25(24)41-2)19-14-22-27(23(38)15-19)26(17-8-11-20(12-9-17)31(32,33)34)28-29(35-22)36-37(30(28)39)21-6-4-3-5-7-21/h3-13,16,19,26,35-36H,14-15H2,1-2H3/t19-,26+/m0/s1. The van der Waals surface area contributed by atoms with Crippen LogP contribution >= 0.6 is 0 Å². The maximum atomic E-state index is 13.8. The van der Waals surface area contributed by atoms with Crippen molar-refractivity contribution in [3.8, 4) is 17.2 Å². The van der Waals surface area contributed by atoms with Crippen molar-refractivity contribution < 1.29 is 27.4 Å². The van der Waals surface area contributed by atoms with Crippen molar-refractivity contribution in [2.24, 2.45) is 0 Å². The number of para-hydroxylation sites is 1. The van der Waals surface area contributed by atoms with Crippen LogP contribution in [0, 0.1) is 0 Å². The Morgan fingerprint density at radius 1 is 0.854 bits per heavy atom. The van der Waals surface area contributed by atoms with Crippen molar-refractivity contribution in [1.82, 2.24) is 9.78 Å². The molecule has 210 valence electrons. The number of benzene rings is 3. The number of rotatable bonds is 5. The summed E-state index contributed by atoms with van der Waals surface area (Å²) >= 11 is 0. The molecule has 41 heavy (non-hydrogen) atoms. The average Bonchev–Trinajstić information content (AvgIpc) is 3.31.